The van der Waals surface area contributed by atoms with Crippen LogP contribution in [0.3, 0.4) is 0 Å². The molecule has 0 unspecified atom stereocenters. The minimum atomic E-state index is -3.62. The van der Waals surface area contributed by atoms with Crippen LogP contribution in [0.1, 0.15) is 30.5 Å². The van der Waals surface area contributed by atoms with Gasteiger partial charge in [-0.15, -0.1) is 0 Å². The Hall–Kier alpha value is -2.05. The lowest BCUT2D eigenvalue weighted by molar-refractivity contribution is -0.119. The third kappa shape index (κ3) is 5.97. The third-order valence-electron chi connectivity index (χ3n) is 4.32. The van der Waals surface area contributed by atoms with Gasteiger partial charge < -0.3 is 5.32 Å². The minimum absolute atomic E-state index is 0.298. The molecule has 0 saturated heterocycles. The molecule has 146 valence electrons. The van der Waals surface area contributed by atoms with Crippen molar-refractivity contribution >= 4 is 33.2 Å². The number of carbonyl (C=O) groups excluding carboxylic acids is 1. The predicted molar refractivity (Wildman–Crippen MR) is 111 cm³/mol. The number of halogens is 1. The van der Waals surface area contributed by atoms with Crippen LogP contribution in [0.25, 0.3) is 0 Å². The maximum Gasteiger partial charge on any atom is 0.241 e. The monoisotopic (exact) mass is 408 g/mol. The van der Waals surface area contributed by atoms with Crippen molar-refractivity contribution in [1.82, 2.24) is 5.32 Å². The standard InChI is InChI=1S/C20H25ClN2O3S/c1-4-15-9-10-16(5-2)17(11-15)13-22-20(24)14-23(27(3,25)26)19-8-6-7-18(21)12-19/h6-12H,4-5,13-14H2,1-3H3,(H,22,24). The van der Waals surface area contributed by atoms with E-state index in [-0.39, 0.29) is 12.5 Å². The highest BCUT2D eigenvalue weighted by atomic mass is 35.5. The highest BCUT2D eigenvalue weighted by molar-refractivity contribution is 7.92. The molecule has 0 heterocycles. The van der Waals surface area contributed by atoms with E-state index in [1.165, 1.54) is 17.2 Å². The number of aryl methyl sites for hydroxylation is 2. The van der Waals surface area contributed by atoms with Crippen LogP contribution in [0.5, 0.6) is 0 Å². The number of amides is 1. The van der Waals surface area contributed by atoms with Gasteiger partial charge in [-0.2, -0.15) is 0 Å². The molecule has 0 spiro atoms. The highest BCUT2D eigenvalue weighted by Crippen LogP contribution is 2.21. The molecule has 1 N–H and O–H groups in total. The first kappa shape index (κ1) is 21.3. The number of hydrogen-bond acceptors (Lipinski definition) is 3. The van der Waals surface area contributed by atoms with Crippen molar-refractivity contribution in [1.29, 1.82) is 0 Å². The van der Waals surface area contributed by atoms with Crippen LogP contribution in [0.2, 0.25) is 5.02 Å². The van der Waals surface area contributed by atoms with Gasteiger partial charge in [0.25, 0.3) is 0 Å². The fourth-order valence-corrected chi connectivity index (χ4v) is 3.85. The van der Waals surface area contributed by atoms with Crippen molar-refractivity contribution in [2.75, 3.05) is 17.1 Å². The lowest BCUT2D eigenvalue weighted by atomic mass is 10.0. The zero-order valence-electron chi connectivity index (χ0n) is 15.8. The Morgan fingerprint density at radius 3 is 2.41 bits per heavy atom. The van der Waals surface area contributed by atoms with E-state index in [1.807, 2.05) is 0 Å². The third-order valence-corrected chi connectivity index (χ3v) is 5.70. The molecule has 0 aliphatic rings. The molecule has 0 aliphatic heterocycles. The summed E-state index contributed by atoms with van der Waals surface area (Å²) < 4.78 is 25.3. The molecule has 0 saturated carbocycles. The van der Waals surface area contributed by atoms with E-state index < -0.39 is 10.0 Å². The summed E-state index contributed by atoms with van der Waals surface area (Å²) in [5.41, 5.74) is 3.79. The molecule has 0 aromatic heterocycles. The van der Waals surface area contributed by atoms with Gasteiger partial charge in [-0.1, -0.05) is 49.7 Å². The number of hydrogen-bond donors (Lipinski definition) is 1. The summed E-state index contributed by atoms with van der Waals surface area (Å²) in [6.07, 6.45) is 2.86. The average Bonchev–Trinajstić information content (AvgIpc) is 2.63. The molecule has 0 atom stereocenters. The average molecular weight is 409 g/mol. The molecule has 0 radical (unpaired) electrons. The van der Waals surface area contributed by atoms with E-state index in [4.69, 9.17) is 11.6 Å². The van der Waals surface area contributed by atoms with Crippen LogP contribution in [-0.4, -0.2) is 27.1 Å². The minimum Gasteiger partial charge on any atom is -0.350 e. The Morgan fingerprint density at radius 1 is 1.07 bits per heavy atom. The molecule has 2 aromatic rings. The van der Waals surface area contributed by atoms with Crippen LogP contribution < -0.4 is 9.62 Å². The Labute approximate surface area is 166 Å². The normalized spacial score (nSPS) is 11.3. The van der Waals surface area contributed by atoms with E-state index in [1.54, 1.807) is 18.2 Å². The molecular formula is C20H25ClN2O3S. The van der Waals surface area contributed by atoms with E-state index in [2.05, 4.69) is 37.4 Å². The second-order valence-corrected chi connectivity index (χ2v) is 8.68. The highest BCUT2D eigenvalue weighted by Gasteiger charge is 2.21. The number of sulfonamides is 1. The molecule has 0 fully saturated rings. The summed E-state index contributed by atoms with van der Waals surface area (Å²) in [5.74, 6) is -0.371. The summed E-state index contributed by atoms with van der Waals surface area (Å²) in [5, 5.41) is 3.24. The van der Waals surface area contributed by atoms with Gasteiger partial charge in [-0.25, -0.2) is 8.42 Å². The first-order valence-corrected chi connectivity index (χ1v) is 11.1. The van der Waals surface area contributed by atoms with Crippen molar-refractivity contribution < 1.29 is 13.2 Å². The van der Waals surface area contributed by atoms with E-state index in [9.17, 15) is 13.2 Å². The summed E-state index contributed by atoms with van der Waals surface area (Å²) in [7, 11) is -3.62. The van der Waals surface area contributed by atoms with Crippen molar-refractivity contribution in [3.05, 3.63) is 64.2 Å². The van der Waals surface area contributed by atoms with Crippen molar-refractivity contribution in [2.24, 2.45) is 0 Å². The number of nitrogens with one attached hydrogen (secondary N) is 1. The summed E-state index contributed by atoms with van der Waals surface area (Å²) in [6, 6.07) is 12.7. The van der Waals surface area contributed by atoms with Crippen molar-refractivity contribution in [3.63, 3.8) is 0 Å². The van der Waals surface area contributed by atoms with Crippen molar-refractivity contribution in [2.45, 2.75) is 33.2 Å². The number of rotatable bonds is 8. The summed E-state index contributed by atoms with van der Waals surface area (Å²) in [6.45, 7) is 4.21. The Morgan fingerprint density at radius 2 is 1.81 bits per heavy atom. The van der Waals surface area contributed by atoms with Gasteiger partial charge in [-0.3, -0.25) is 9.10 Å². The molecule has 5 nitrogen and oxygen atoms in total. The van der Waals surface area contributed by atoms with Crippen LogP contribution in [-0.2, 0) is 34.2 Å². The van der Waals surface area contributed by atoms with Gasteiger partial charge in [0.15, 0.2) is 0 Å². The van der Waals surface area contributed by atoms with Gasteiger partial charge in [0.05, 0.1) is 11.9 Å². The smallest absolute Gasteiger partial charge is 0.241 e. The lowest BCUT2D eigenvalue weighted by Crippen LogP contribution is -2.40. The van der Waals surface area contributed by atoms with Gasteiger partial charge in [0, 0.05) is 11.6 Å². The Balaban J connectivity index is 2.13. The maximum absolute atomic E-state index is 12.4. The first-order valence-electron chi connectivity index (χ1n) is 8.85. The van der Waals surface area contributed by atoms with Gasteiger partial charge in [-0.05, 0) is 47.7 Å². The second-order valence-electron chi connectivity index (χ2n) is 6.34. The Bertz CT molecular complexity index is 913. The topological polar surface area (TPSA) is 66.5 Å². The van der Waals surface area contributed by atoms with Crippen LogP contribution in [0, 0.1) is 0 Å². The van der Waals surface area contributed by atoms with E-state index in [0.29, 0.717) is 17.3 Å². The summed E-state index contributed by atoms with van der Waals surface area (Å²) >= 11 is 5.96. The molecule has 0 aliphatic carbocycles. The zero-order chi connectivity index (χ0) is 20.0. The first-order chi connectivity index (χ1) is 12.7. The van der Waals surface area contributed by atoms with Crippen LogP contribution >= 0.6 is 11.6 Å². The largest absolute Gasteiger partial charge is 0.350 e. The number of anilines is 1. The van der Waals surface area contributed by atoms with Gasteiger partial charge >= 0.3 is 0 Å². The SMILES string of the molecule is CCc1ccc(CC)c(CNC(=O)CN(c2cccc(Cl)c2)S(C)(=O)=O)c1. The fraction of sp³-hybridized carbons (Fsp3) is 0.350. The molecule has 2 rings (SSSR count). The number of nitrogens with zero attached hydrogens (tertiary/aromatic N) is 1. The predicted octanol–water partition coefficient (Wildman–Crippen LogP) is 3.55. The maximum atomic E-state index is 12.4. The molecule has 0 bridgehead atoms. The molecular weight excluding hydrogens is 384 g/mol. The van der Waals surface area contributed by atoms with Crippen LogP contribution in [0.15, 0.2) is 42.5 Å². The zero-order valence-corrected chi connectivity index (χ0v) is 17.4. The molecule has 2 aromatic carbocycles. The van der Waals surface area contributed by atoms with E-state index in [0.717, 1.165) is 29.0 Å². The second kappa shape index (κ2) is 9.24. The van der Waals surface area contributed by atoms with Crippen molar-refractivity contribution in [3.8, 4) is 0 Å². The quantitative estimate of drug-likeness (QED) is 0.726. The van der Waals surface area contributed by atoms with Gasteiger partial charge in [0.1, 0.15) is 6.54 Å². The number of carbonyl (C=O) groups is 1. The Kier molecular flexibility index (Phi) is 7.27. The van der Waals surface area contributed by atoms with Gasteiger partial charge in [0.2, 0.25) is 15.9 Å². The molecule has 27 heavy (non-hydrogen) atoms. The van der Waals surface area contributed by atoms with E-state index >= 15 is 0 Å². The fourth-order valence-electron chi connectivity index (χ4n) is 2.82. The lowest BCUT2D eigenvalue weighted by Gasteiger charge is -2.22. The van der Waals surface area contributed by atoms with Crippen LogP contribution in [0.4, 0.5) is 5.69 Å². The molecule has 7 heteroatoms. The summed E-state index contributed by atoms with van der Waals surface area (Å²) in [4.78, 5) is 12.4. The molecule has 1 amide bonds. The number of benzene rings is 2.